The normalized spacial score (nSPS) is 13.6. The van der Waals surface area contributed by atoms with Gasteiger partial charge < -0.3 is 10.1 Å². The quantitative estimate of drug-likeness (QED) is 0.794. The SMILES string of the molecule is CCNC(c1cncc(OC)c1)C(C)(C)N(CC)CC. The summed E-state index contributed by atoms with van der Waals surface area (Å²) < 4.78 is 5.31. The standard InChI is InChI=1S/C16H29N3O/c1-7-18-15(16(4,5)19(8-2)9-3)13-10-14(20-6)12-17-11-13/h10-12,15,18H,7-9H2,1-6H3. The summed E-state index contributed by atoms with van der Waals surface area (Å²) in [6.45, 7) is 14.1. The Bertz CT molecular complexity index is 402. The molecule has 1 aromatic heterocycles. The Balaban J connectivity index is 3.14. The highest BCUT2D eigenvalue weighted by molar-refractivity contribution is 5.28. The Hall–Kier alpha value is -1.13. The maximum atomic E-state index is 5.31. The van der Waals surface area contributed by atoms with Crippen LogP contribution in [-0.4, -0.2) is 42.2 Å². The van der Waals surface area contributed by atoms with Gasteiger partial charge in [0.1, 0.15) is 5.75 Å². The first-order valence-corrected chi connectivity index (χ1v) is 7.48. The highest BCUT2D eigenvalue weighted by Crippen LogP contribution is 2.32. The molecule has 1 rings (SSSR count). The number of methoxy groups -OCH3 is 1. The monoisotopic (exact) mass is 279 g/mol. The maximum absolute atomic E-state index is 5.31. The first-order valence-electron chi connectivity index (χ1n) is 7.48. The van der Waals surface area contributed by atoms with Gasteiger partial charge in [-0.2, -0.15) is 0 Å². The molecule has 0 saturated heterocycles. The Labute approximate surface area is 123 Å². The van der Waals surface area contributed by atoms with Crippen LogP contribution >= 0.6 is 0 Å². The van der Waals surface area contributed by atoms with Gasteiger partial charge in [-0.3, -0.25) is 9.88 Å². The summed E-state index contributed by atoms with van der Waals surface area (Å²) in [6, 6.07) is 2.29. The van der Waals surface area contributed by atoms with Gasteiger partial charge in [-0.1, -0.05) is 20.8 Å². The lowest BCUT2D eigenvalue weighted by molar-refractivity contribution is 0.0916. The van der Waals surface area contributed by atoms with Crippen LogP contribution in [0.1, 0.15) is 46.2 Å². The van der Waals surface area contributed by atoms with E-state index in [0.717, 1.165) is 25.4 Å². The summed E-state index contributed by atoms with van der Waals surface area (Å²) in [4.78, 5) is 6.77. The fourth-order valence-electron chi connectivity index (χ4n) is 2.91. The number of rotatable bonds is 8. The molecule has 0 aliphatic carbocycles. The van der Waals surface area contributed by atoms with Gasteiger partial charge in [0.25, 0.3) is 0 Å². The smallest absolute Gasteiger partial charge is 0.137 e. The molecule has 1 heterocycles. The van der Waals surface area contributed by atoms with E-state index < -0.39 is 0 Å². The third-order valence-electron chi connectivity index (χ3n) is 4.00. The van der Waals surface area contributed by atoms with E-state index in [1.165, 1.54) is 5.56 Å². The summed E-state index contributed by atoms with van der Waals surface area (Å²) in [5.41, 5.74) is 1.18. The van der Waals surface area contributed by atoms with Crippen LogP contribution in [0, 0.1) is 0 Å². The van der Waals surface area contributed by atoms with E-state index in [-0.39, 0.29) is 11.6 Å². The fraction of sp³-hybridized carbons (Fsp3) is 0.688. The van der Waals surface area contributed by atoms with Crippen LogP contribution in [0.15, 0.2) is 18.5 Å². The van der Waals surface area contributed by atoms with Crippen LogP contribution in [0.5, 0.6) is 5.75 Å². The van der Waals surface area contributed by atoms with Gasteiger partial charge in [-0.05, 0) is 45.1 Å². The number of hydrogen-bond donors (Lipinski definition) is 1. The molecule has 20 heavy (non-hydrogen) atoms. The molecule has 1 atom stereocenters. The van der Waals surface area contributed by atoms with Crippen molar-refractivity contribution >= 4 is 0 Å². The second-order valence-corrected chi connectivity index (χ2v) is 5.47. The third-order valence-corrected chi connectivity index (χ3v) is 4.00. The summed E-state index contributed by atoms with van der Waals surface area (Å²) in [7, 11) is 1.68. The van der Waals surface area contributed by atoms with Crippen molar-refractivity contribution in [1.82, 2.24) is 15.2 Å². The highest BCUT2D eigenvalue weighted by atomic mass is 16.5. The minimum absolute atomic E-state index is 0.00749. The minimum atomic E-state index is 0.00749. The van der Waals surface area contributed by atoms with Crippen LogP contribution in [-0.2, 0) is 0 Å². The van der Waals surface area contributed by atoms with Crippen molar-refractivity contribution in [1.29, 1.82) is 0 Å². The Morgan fingerprint density at radius 3 is 2.40 bits per heavy atom. The molecule has 0 aliphatic rings. The minimum Gasteiger partial charge on any atom is -0.495 e. The topological polar surface area (TPSA) is 37.4 Å². The number of hydrogen-bond acceptors (Lipinski definition) is 4. The van der Waals surface area contributed by atoms with Gasteiger partial charge in [-0.25, -0.2) is 0 Å². The zero-order chi connectivity index (χ0) is 15.2. The molecule has 0 spiro atoms. The van der Waals surface area contributed by atoms with Crippen molar-refractivity contribution in [2.24, 2.45) is 0 Å². The van der Waals surface area contributed by atoms with E-state index in [9.17, 15) is 0 Å². The fourth-order valence-corrected chi connectivity index (χ4v) is 2.91. The molecule has 1 N–H and O–H groups in total. The van der Waals surface area contributed by atoms with Crippen LogP contribution in [0.25, 0.3) is 0 Å². The zero-order valence-electron chi connectivity index (χ0n) is 13.7. The van der Waals surface area contributed by atoms with E-state index >= 15 is 0 Å². The van der Waals surface area contributed by atoms with Gasteiger partial charge in [0.15, 0.2) is 0 Å². The molecule has 0 fully saturated rings. The number of nitrogens with zero attached hydrogens (tertiary/aromatic N) is 2. The lowest BCUT2D eigenvalue weighted by Crippen LogP contribution is -2.52. The molecule has 0 saturated carbocycles. The second kappa shape index (κ2) is 7.60. The van der Waals surface area contributed by atoms with Gasteiger partial charge in [0, 0.05) is 11.7 Å². The number of pyridine rings is 1. The zero-order valence-corrected chi connectivity index (χ0v) is 13.7. The molecule has 0 bridgehead atoms. The van der Waals surface area contributed by atoms with Crippen molar-refractivity contribution in [2.75, 3.05) is 26.7 Å². The summed E-state index contributed by atoms with van der Waals surface area (Å²) in [5, 5.41) is 3.60. The van der Waals surface area contributed by atoms with Crippen molar-refractivity contribution in [3.05, 3.63) is 24.0 Å². The molecule has 4 heteroatoms. The van der Waals surface area contributed by atoms with Gasteiger partial charge >= 0.3 is 0 Å². The van der Waals surface area contributed by atoms with E-state index in [2.05, 4.69) is 55.9 Å². The van der Waals surface area contributed by atoms with Gasteiger partial charge in [0.2, 0.25) is 0 Å². The number of aromatic nitrogens is 1. The van der Waals surface area contributed by atoms with Crippen LogP contribution in [0.4, 0.5) is 0 Å². The van der Waals surface area contributed by atoms with Gasteiger partial charge in [-0.15, -0.1) is 0 Å². The van der Waals surface area contributed by atoms with Crippen LogP contribution < -0.4 is 10.1 Å². The molecule has 0 aliphatic heterocycles. The molecular weight excluding hydrogens is 250 g/mol. The largest absolute Gasteiger partial charge is 0.495 e. The predicted octanol–water partition coefficient (Wildman–Crippen LogP) is 2.86. The molecule has 4 nitrogen and oxygen atoms in total. The molecule has 1 aromatic rings. The first-order chi connectivity index (χ1) is 9.51. The van der Waals surface area contributed by atoms with E-state index in [0.29, 0.717) is 0 Å². The summed E-state index contributed by atoms with van der Waals surface area (Å²) in [6.07, 6.45) is 3.68. The van der Waals surface area contributed by atoms with E-state index in [1.807, 2.05) is 6.20 Å². The van der Waals surface area contributed by atoms with Crippen molar-refractivity contribution in [3.63, 3.8) is 0 Å². The lowest BCUT2D eigenvalue weighted by atomic mass is 9.87. The van der Waals surface area contributed by atoms with Crippen molar-refractivity contribution in [2.45, 2.75) is 46.2 Å². The Morgan fingerprint density at radius 2 is 1.90 bits per heavy atom. The molecule has 0 aromatic carbocycles. The third kappa shape index (κ3) is 3.70. The van der Waals surface area contributed by atoms with E-state index in [4.69, 9.17) is 4.74 Å². The maximum Gasteiger partial charge on any atom is 0.137 e. The van der Waals surface area contributed by atoms with Crippen LogP contribution in [0.2, 0.25) is 0 Å². The second-order valence-electron chi connectivity index (χ2n) is 5.47. The lowest BCUT2D eigenvalue weighted by Gasteiger charge is -2.44. The number of ether oxygens (including phenoxy) is 1. The van der Waals surface area contributed by atoms with E-state index in [1.54, 1.807) is 13.3 Å². The molecule has 0 amide bonds. The Kier molecular flexibility index (Phi) is 6.43. The predicted molar refractivity (Wildman–Crippen MR) is 84.2 cm³/mol. The summed E-state index contributed by atoms with van der Waals surface area (Å²) in [5.74, 6) is 0.806. The van der Waals surface area contributed by atoms with Gasteiger partial charge in [0.05, 0.1) is 19.3 Å². The van der Waals surface area contributed by atoms with Crippen molar-refractivity contribution < 1.29 is 4.74 Å². The Morgan fingerprint density at radius 1 is 1.25 bits per heavy atom. The number of likely N-dealkylation sites (N-methyl/N-ethyl adjacent to an activating group) is 2. The molecular formula is C16H29N3O. The van der Waals surface area contributed by atoms with Crippen molar-refractivity contribution in [3.8, 4) is 5.75 Å². The van der Waals surface area contributed by atoms with Crippen LogP contribution in [0.3, 0.4) is 0 Å². The molecule has 114 valence electrons. The molecule has 1 unspecified atom stereocenters. The average molecular weight is 279 g/mol. The number of nitrogens with one attached hydrogen (secondary N) is 1. The summed E-state index contributed by atoms with van der Waals surface area (Å²) >= 11 is 0. The highest BCUT2D eigenvalue weighted by Gasteiger charge is 2.34. The molecule has 0 radical (unpaired) electrons. The average Bonchev–Trinajstić information content (AvgIpc) is 2.45. The first kappa shape index (κ1) is 16.9.